The first kappa shape index (κ1) is 21.8. The highest BCUT2D eigenvalue weighted by Gasteiger charge is 2.44. The minimum absolute atomic E-state index is 0.122. The van der Waals surface area contributed by atoms with E-state index in [9.17, 15) is 14.7 Å². The Morgan fingerprint density at radius 2 is 1.78 bits per heavy atom. The summed E-state index contributed by atoms with van der Waals surface area (Å²) in [6.07, 6.45) is 0.272. The van der Waals surface area contributed by atoms with Gasteiger partial charge in [0.2, 0.25) is 0 Å². The third-order valence-electron chi connectivity index (χ3n) is 5.28. The summed E-state index contributed by atoms with van der Waals surface area (Å²) in [5.74, 6) is -0.427. The van der Waals surface area contributed by atoms with Crippen molar-refractivity contribution in [3.8, 4) is 5.75 Å². The number of hydrogen-bond acceptors (Lipinski definition) is 5. The van der Waals surface area contributed by atoms with Gasteiger partial charge in [0.15, 0.2) is 11.5 Å². The lowest BCUT2D eigenvalue weighted by molar-refractivity contribution is -0.118. The molecule has 2 aromatic carbocycles. The fourth-order valence-corrected chi connectivity index (χ4v) is 4.62. The van der Waals surface area contributed by atoms with Gasteiger partial charge in [-0.05, 0) is 47.2 Å². The van der Waals surface area contributed by atoms with E-state index in [0.29, 0.717) is 18.0 Å². The first-order valence-corrected chi connectivity index (χ1v) is 11.4. The van der Waals surface area contributed by atoms with Crippen LogP contribution in [0.5, 0.6) is 5.75 Å². The van der Waals surface area contributed by atoms with E-state index < -0.39 is 17.7 Å². The highest BCUT2D eigenvalue weighted by Crippen LogP contribution is 2.43. The standard InChI is InChI=1S/C26H25NO4S/c1-17(2)15-21(28)23-24(22-9-6-14-32-22)27(26(30)25(23)29)19-10-12-20(13-11-19)31-16-18-7-4-3-5-8-18/h3-14,17,24,29H,15-16H2,1-2H3. The number of ketones is 1. The fourth-order valence-electron chi connectivity index (χ4n) is 3.80. The zero-order valence-electron chi connectivity index (χ0n) is 18.0. The van der Waals surface area contributed by atoms with Crippen molar-refractivity contribution in [2.45, 2.75) is 32.9 Å². The van der Waals surface area contributed by atoms with Gasteiger partial charge in [-0.3, -0.25) is 14.5 Å². The zero-order valence-corrected chi connectivity index (χ0v) is 18.8. The van der Waals surface area contributed by atoms with Crippen LogP contribution in [0.1, 0.15) is 36.8 Å². The zero-order chi connectivity index (χ0) is 22.7. The predicted octanol–water partition coefficient (Wildman–Crippen LogP) is 5.84. The molecule has 6 heteroatoms. The van der Waals surface area contributed by atoms with Crippen LogP contribution in [0.4, 0.5) is 5.69 Å². The number of carbonyl (C=O) groups excluding carboxylic acids is 2. The van der Waals surface area contributed by atoms with Crippen LogP contribution in [0.15, 0.2) is 83.4 Å². The molecule has 1 unspecified atom stereocenters. The van der Waals surface area contributed by atoms with Gasteiger partial charge in [-0.1, -0.05) is 50.2 Å². The number of amides is 1. The maximum absolute atomic E-state index is 13.0. The van der Waals surface area contributed by atoms with E-state index >= 15 is 0 Å². The van der Waals surface area contributed by atoms with Gasteiger partial charge in [-0.2, -0.15) is 0 Å². The Morgan fingerprint density at radius 3 is 2.41 bits per heavy atom. The smallest absolute Gasteiger partial charge is 0.294 e. The average molecular weight is 448 g/mol. The van der Waals surface area contributed by atoms with Crippen molar-refractivity contribution in [1.82, 2.24) is 0 Å². The number of nitrogens with zero attached hydrogens (tertiary/aromatic N) is 1. The van der Waals surface area contributed by atoms with Crippen LogP contribution in [-0.4, -0.2) is 16.8 Å². The minimum Gasteiger partial charge on any atom is -0.503 e. The molecule has 4 rings (SSSR count). The molecule has 3 aromatic rings. The van der Waals surface area contributed by atoms with Gasteiger partial charge in [0.05, 0.1) is 5.57 Å². The Labute approximate surface area is 191 Å². The van der Waals surface area contributed by atoms with Crippen molar-refractivity contribution in [1.29, 1.82) is 0 Å². The fraction of sp³-hybridized carbons (Fsp3) is 0.231. The van der Waals surface area contributed by atoms with Gasteiger partial charge >= 0.3 is 0 Å². The van der Waals surface area contributed by atoms with Crippen molar-refractivity contribution < 1.29 is 19.4 Å². The number of Topliss-reactive ketones (excluding diaryl/α,β-unsaturated/α-hetero) is 1. The summed E-state index contributed by atoms with van der Waals surface area (Å²) in [5, 5.41) is 12.6. The molecule has 1 aliphatic rings. The topological polar surface area (TPSA) is 66.8 Å². The Kier molecular flexibility index (Phi) is 6.42. The lowest BCUT2D eigenvalue weighted by Gasteiger charge is -2.26. The van der Waals surface area contributed by atoms with Crippen LogP contribution < -0.4 is 9.64 Å². The predicted molar refractivity (Wildman–Crippen MR) is 126 cm³/mol. The minimum atomic E-state index is -0.634. The molecule has 1 aliphatic heterocycles. The summed E-state index contributed by atoms with van der Waals surface area (Å²) in [5.41, 5.74) is 1.83. The van der Waals surface area contributed by atoms with Gasteiger partial charge in [0.25, 0.3) is 5.91 Å². The van der Waals surface area contributed by atoms with Crippen molar-refractivity contribution in [2.24, 2.45) is 5.92 Å². The SMILES string of the molecule is CC(C)CC(=O)C1=C(O)C(=O)N(c2ccc(OCc3ccccc3)cc2)C1c1cccs1. The van der Waals surface area contributed by atoms with E-state index in [4.69, 9.17) is 4.74 Å². The van der Waals surface area contributed by atoms with Crippen LogP contribution in [0.2, 0.25) is 0 Å². The summed E-state index contributed by atoms with van der Waals surface area (Å²) in [7, 11) is 0. The van der Waals surface area contributed by atoms with Crippen LogP contribution in [0, 0.1) is 5.92 Å². The molecule has 32 heavy (non-hydrogen) atoms. The molecule has 1 aromatic heterocycles. The van der Waals surface area contributed by atoms with Crippen molar-refractivity contribution in [3.63, 3.8) is 0 Å². The number of aliphatic hydroxyl groups is 1. The third kappa shape index (κ3) is 4.46. The first-order valence-electron chi connectivity index (χ1n) is 10.6. The molecular weight excluding hydrogens is 422 g/mol. The van der Waals surface area contributed by atoms with Gasteiger partial charge in [-0.25, -0.2) is 0 Å². The lowest BCUT2D eigenvalue weighted by atomic mass is 9.95. The molecule has 1 atom stereocenters. The van der Waals surface area contributed by atoms with E-state index in [-0.39, 0.29) is 23.7 Å². The molecule has 5 nitrogen and oxygen atoms in total. The molecule has 0 aliphatic carbocycles. The van der Waals surface area contributed by atoms with Crippen molar-refractivity contribution in [3.05, 3.63) is 93.9 Å². The maximum Gasteiger partial charge on any atom is 0.294 e. The average Bonchev–Trinajstić information content (AvgIpc) is 3.40. The van der Waals surface area contributed by atoms with E-state index in [2.05, 4.69) is 0 Å². The van der Waals surface area contributed by atoms with Crippen molar-refractivity contribution in [2.75, 3.05) is 4.90 Å². The first-order chi connectivity index (χ1) is 15.5. The monoisotopic (exact) mass is 447 g/mol. The summed E-state index contributed by atoms with van der Waals surface area (Å²) in [4.78, 5) is 28.3. The molecule has 0 saturated carbocycles. The van der Waals surface area contributed by atoms with E-state index in [0.717, 1.165) is 10.4 Å². The molecular formula is C26H25NO4S. The maximum atomic E-state index is 13.0. The Bertz CT molecular complexity index is 1120. The molecule has 1 amide bonds. The highest BCUT2D eigenvalue weighted by molar-refractivity contribution is 7.10. The number of hydrogen-bond donors (Lipinski definition) is 1. The van der Waals surface area contributed by atoms with Gasteiger partial charge < -0.3 is 9.84 Å². The molecule has 0 radical (unpaired) electrons. The normalized spacial score (nSPS) is 16.2. The number of aliphatic hydroxyl groups excluding tert-OH is 1. The lowest BCUT2D eigenvalue weighted by Crippen LogP contribution is -2.30. The molecule has 2 heterocycles. The van der Waals surface area contributed by atoms with Gasteiger partial charge in [-0.15, -0.1) is 11.3 Å². The van der Waals surface area contributed by atoms with E-state index in [1.165, 1.54) is 16.2 Å². The Hall–Kier alpha value is -3.38. The van der Waals surface area contributed by atoms with Crippen molar-refractivity contribution >= 4 is 28.7 Å². The second-order valence-corrected chi connectivity index (χ2v) is 9.12. The number of carbonyl (C=O) groups is 2. The second kappa shape index (κ2) is 9.40. The second-order valence-electron chi connectivity index (χ2n) is 8.14. The molecule has 1 N–H and O–H groups in total. The Morgan fingerprint density at radius 1 is 1.06 bits per heavy atom. The van der Waals surface area contributed by atoms with Crippen LogP contribution >= 0.6 is 11.3 Å². The number of benzene rings is 2. The summed E-state index contributed by atoms with van der Waals surface area (Å²) in [6, 6.07) is 20.1. The molecule has 0 spiro atoms. The van der Waals surface area contributed by atoms with Crippen LogP contribution in [-0.2, 0) is 16.2 Å². The summed E-state index contributed by atoms with van der Waals surface area (Å²) < 4.78 is 5.84. The third-order valence-corrected chi connectivity index (χ3v) is 6.20. The summed E-state index contributed by atoms with van der Waals surface area (Å²) in [6.45, 7) is 4.33. The van der Waals surface area contributed by atoms with Gasteiger partial charge in [0.1, 0.15) is 18.4 Å². The summed E-state index contributed by atoms with van der Waals surface area (Å²) >= 11 is 1.46. The number of thiophene rings is 1. The highest BCUT2D eigenvalue weighted by atomic mass is 32.1. The number of rotatable bonds is 8. The molecule has 0 saturated heterocycles. The van der Waals surface area contributed by atoms with E-state index in [1.54, 1.807) is 24.3 Å². The quantitative estimate of drug-likeness (QED) is 0.471. The molecule has 164 valence electrons. The molecule has 0 bridgehead atoms. The largest absolute Gasteiger partial charge is 0.503 e. The number of ether oxygens (including phenoxy) is 1. The number of anilines is 1. The van der Waals surface area contributed by atoms with Gasteiger partial charge in [0, 0.05) is 17.0 Å². The Balaban J connectivity index is 1.60. The van der Waals surface area contributed by atoms with Crippen LogP contribution in [0.25, 0.3) is 0 Å². The van der Waals surface area contributed by atoms with E-state index in [1.807, 2.05) is 61.7 Å². The van der Waals surface area contributed by atoms with Crippen LogP contribution in [0.3, 0.4) is 0 Å². The molecule has 0 fully saturated rings.